The van der Waals surface area contributed by atoms with Gasteiger partial charge in [0.2, 0.25) is 5.82 Å². The molecule has 0 aliphatic heterocycles. The molecule has 6 nitrogen and oxygen atoms in total. The number of sulfonamides is 1. The maximum Gasteiger partial charge on any atom is 0.263 e. The van der Waals surface area contributed by atoms with E-state index in [-0.39, 0.29) is 21.8 Å². The fourth-order valence-corrected chi connectivity index (χ4v) is 2.95. The van der Waals surface area contributed by atoms with Gasteiger partial charge in [0.25, 0.3) is 10.0 Å². The monoisotopic (exact) mass is 299 g/mol. The van der Waals surface area contributed by atoms with Gasteiger partial charge in [0.05, 0.1) is 4.90 Å². The highest BCUT2D eigenvalue weighted by Crippen LogP contribution is 2.21. The molecule has 0 atom stereocenters. The molecule has 108 valence electrons. The van der Waals surface area contributed by atoms with E-state index in [0.29, 0.717) is 12.1 Å². The van der Waals surface area contributed by atoms with E-state index in [1.54, 1.807) is 6.92 Å². The van der Waals surface area contributed by atoms with Gasteiger partial charge in [-0.3, -0.25) is 4.72 Å². The largest absolute Gasteiger partial charge is 0.263 e. The Balaban J connectivity index is 2.41. The van der Waals surface area contributed by atoms with Crippen LogP contribution in [0.15, 0.2) is 21.7 Å². The van der Waals surface area contributed by atoms with Crippen LogP contribution in [0.3, 0.4) is 0 Å². The summed E-state index contributed by atoms with van der Waals surface area (Å²) >= 11 is 0. The molecule has 0 saturated heterocycles. The zero-order valence-electron chi connectivity index (χ0n) is 11.3. The Labute approximate surface area is 116 Å². The molecule has 0 fully saturated rings. The zero-order valence-corrected chi connectivity index (χ0v) is 12.1. The fraction of sp³-hybridized carbons (Fsp3) is 0.333. The number of halogens is 1. The molecule has 0 unspecified atom stereocenters. The molecule has 0 aliphatic carbocycles. The van der Waals surface area contributed by atoms with E-state index < -0.39 is 15.8 Å². The van der Waals surface area contributed by atoms with Crippen molar-refractivity contribution in [1.29, 1.82) is 0 Å². The number of benzene rings is 1. The van der Waals surface area contributed by atoms with E-state index in [1.807, 2.05) is 0 Å². The quantitative estimate of drug-likeness (QED) is 0.935. The lowest BCUT2D eigenvalue weighted by atomic mass is 10.1. The Morgan fingerprint density at radius 1 is 1.25 bits per heavy atom. The maximum absolute atomic E-state index is 13.5. The third-order valence-electron chi connectivity index (χ3n) is 2.84. The second kappa shape index (κ2) is 5.20. The summed E-state index contributed by atoms with van der Waals surface area (Å²) < 4.78 is 44.8. The molecular weight excluding hydrogens is 285 g/mol. The summed E-state index contributed by atoms with van der Waals surface area (Å²) in [5, 5.41) is 7.10. The van der Waals surface area contributed by atoms with Crippen LogP contribution >= 0.6 is 0 Å². The third-order valence-corrected chi connectivity index (χ3v) is 4.16. The molecule has 2 aromatic rings. The van der Waals surface area contributed by atoms with Crippen molar-refractivity contribution >= 4 is 15.8 Å². The lowest BCUT2D eigenvalue weighted by Gasteiger charge is -2.09. The van der Waals surface area contributed by atoms with Gasteiger partial charge in [-0.1, -0.05) is 12.1 Å². The SMILES string of the molecule is CCc1nonc1NS(=O)(=O)c1cc(C)c(F)c(C)c1. The van der Waals surface area contributed by atoms with E-state index in [9.17, 15) is 12.8 Å². The first-order valence-corrected chi connectivity index (χ1v) is 7.44. The van der Waals surface area contributed by atoms with Gasteiger partial charge in [-0.2, -0.15) is 0 Å². The third kappa shape index (κ3) is 2.64. The summed E-state index contributed by atoms with van der Waals surface area (Å²) in [4.78, 5) is -0.0287. The van der Waals surface area contributed by atoms with Crippen molar-refractivity contribution in [2.24, 2.45) is 0 Å². The Morgan fingerprint density at radius 2 is 1.85 bits per heavy atom. The van der Waals surface area contributed by atoms with Crippen LogP contribution in [-0.2, 0) is 16.4 Å². The number of nitrogens with one attached hydrogen (secondary N) is 1. The van der Waals surface area contributed by atoms with E-state index >= 15 is 0 Å². The Hall–Kier alpha value is -1.96. The molecule has 1 N–H and O–H groups in total. The fourth-order valence-electron chi connectivity index (χ4n) is 1.76. The minimum absolute atomic E-state index is 0.0287. The number of aryl methyl sites for hydroxylation is 3. The highest BCUT2D eigenvalue weighted by Gasteiger charge is 2.20. The number of hydrogen-bond donors (Lipinski definition) is 1. The maximum atomic E-state index is 13.5. The second-order valence-electron chi connectivity index (χ2n) is 4.39. The highest BCUT2D eigenvalue weighted by molar-refractivity contribution is 7.92. The molecule has 0 bridgehead atoms. The molecule has 0 spiro atoms. The van der Waals surface area contributed by atoms with Crippen molar-refractivity contribution in [3.63, 3.8) is 0 Å². The predicted molar refractivity (Wildman–Crippen MR) is 70.4 cm³/mol. The molecule has 1 aromatic heterocycles. The van der Waals surface area contributed by atoms with Crippen molar-refractivity contribution < 1.29 is 17.4 Å². The number of hydrogen-bond acceptors (Lipinski definition) is 5. The van der Waals surface area contributed by atoms with Crippen molar-refractivity contribution in [3.8, 4) is 0 Å². The van der Waals surface area contributed by atoms with Gasteiger partial charge in [0.1, 0.15) is 11.5 Å². The van der Waals surface area contributed by atoms with Gasteiger partial charge in [-0.15, -0.1) is 0 Å². The number of anilines is 1. The summed E-state index contributed by atoms with van der Waals surface area (Å²) in [5.74, 6) is -0.367. The van der Waals surface area contributed by atoms with Crippen LogP contribution < -0.4 is 4.72 Å². The molecule has 8 heteroatoms. The van der Waals surface area contributed by atoms with Crippen LogP contribution in [0.25, 0.3) is 0 Å². The summed E-state index contributed by atoms with van der Waals surface area (Å²) in [5.41, 5.74) is 0.933. The molecule has 1 heterocycles. The Morgan fingerprint density at radius 3 is 2.40 bits per heavy atom. The van der Waals surface area contributed by atoms with Crippen molar-refractivity contribution in [1.82, 2.24) is 10.3 Å². The van der Waals surface area contributed by atoms with Gasteiger partial charge in [0.15, 0.2) is 0 Å². The second-order valence-corrected chi connectivity index (χ2v) is 6.07. The normalized spacial score (nSPS) is 11.6. The van der Waals surface area contributed by atoms with Crippen LogP contribution in [0.4, 0.5) is 10.2 Å². The molecule has 0 saturated carbocycles. The van der Waals surface area contributed by atoms with Gasteiger partial charge in [-0.05, 0) is 48.7 Å². The van der Waals surface area contributed by atoms with E-state index in [2.05, 4.69) is 19.7 Å². The first-order chi connectivity index (χ1) is 9.35. The summed E-state index contributed by atoms with van der Waals surface area (Å²) in [6.45, 7) is 4.82. The first kappa shape index (κ1) is 14.4. The lowest BCUT2D eigenvalue weighted by Crippen LogP contribution is -2.15. The van der Waals surface area contributed by atoms with E-state index in [1.165, 1.54) is 26.0 Å². The lowest BCUT2D eigenvalue weighted by molar-refractivity contribution is 0.305. The summed E-state index contributed by atoms with van der Waals surface area (Å²) in [6, 6.07) is 2.54. The molecule has 2 rings (SSSR count). The van der Waals surface area contributed by atoms with Crippen LogP contribution in [0.5, 0.6) is 0 Å². The minimum atomic E-state index is -3.86. The molecule has 20 heavy (non-hydrogen) atoms. The number of aromatic nitrogens is 2. The predicted octanol–water partition coefficient (Wildman–Crippen LogP) is 2.19. The average molecular weight is 299 g/mol. The van der Waals surface area contributed by atoms with Gasteiger partial charge in [-0.25, -0.2) is 17.4 Å². The Bertz CT molecular complexity index is 717. The van der Waals surface area contributed by atoms with Crippen LogP contribution in [0.1, 0.15) is 23.7 Å². The van der Waals surface area contributed by atoms with Gasteiger partial charge in [0, 0.05) is 0 Å². The molecule has 1 aromatic carbocycles. The number of rotatable bonds is 4. The summed E-state index contributed by atoms with van der Waals surface area (Å²) in [6.07, 6.45) is 0.475. The minimum Gasteiger partial charge on any atom is -0.259 e. The van der Waals surface area contributed by atoms with E-state index in [0.717, 1.165) is 0 Å². The highest BCUT2D eigenvalue weighted by atomic mass is 32.2. The van der Waals surface area contributed by atoms with E-state index in [4.69, 9.17) is 0 Å². The van der Waals surface area contributed by atoms with Crippen LogP contribution in [0, 0.1) is 19.7 Å². The van der Waals surface area contributed by atoms with Gasteiger partial charge >= 0.3 is 0 Å². The first-order valence-electron chi connectivity index (χ1n) is 5.96. The topological polar surface area (TPSA) is 85.1 Å². The summed E-state index contributed by atoms with van der Waals surface area (Å²) in [7, 11) is -3.86. The standard InChI is InChI=1S/C12H14FN3O3S/c1-4-10-12(15-19-14-10)16-20(17,18)9-5-7(2)11(13)8(3)6-9/h5-6H,4H2,1-3H3,(H,15,16). The van der Waals surface area contributed by atoms with Crippen LogP contribution in [-0.4, -0.2) is 18.7 Å². The smallest absolute Gasteiger partial charge is 0.259 e. The van der Waals surface area contributed by atoms with Crippen molar-refractivity contribution in [3.05, 3.63) is 34.8 Å². The number of nitrogens with zero attached hydrogens (tertiary/aromatic N) is 2. The molecule has 0 radical (unpaired) electrons. The van der Waals surface area contributed by atoms with Gasteiger partial charge < -0.3 is 0 Å². The molecular formula is C12H14FN3O3S. The van der Waals surface area contributed by atoms with Crippen molar-refractivity contribution in [2.75, 3.05) is 4.72 Å². The Kier molecular flexibility index (Phi) is 3.76. The average Bonchev–Trinajstić information content (AvgIpc) is 2.81. The van der Waals surface area contributed by atoms with Crippen molar-refractivity contribution in [2.45, 2.75) is 32.1 Å². The molecule has 0 aliphatic rings. The van der Waals surface area contributed by atoms with Crippen LogP contribution in [0.2, 0.25) is 0 Å². The molecule has 0 amide bonds. The zero-order chi connectivity index (χ0) is 14.9.